The Morgan fingerprint density at radius 1 is 1.28 bits per heavy atom. The Labute approximate surface area is 172 Å². The Kier molecular flexibility index (Phi) is 7.45. The third-order valence-corrected chi connectivity index (χ3v) is 5.70. The van der Waals surface area contributed by atoms with Crippen molar-refractivity contribution >= 4 is 5.91 Å². The van der Waals surface area contributed by atoms with Crippen LogP contribution in [0.4, 0.5) is 4.39 Å². The summed E-state index contributed by atoms with van der Waals surface area (Å²) in [5, 5.41) is 0. The molecule has 1 aromatic heterocycles. The van der Waals surface area contributed by atoms with Gasteiger partial charge < -0.3 is 14.6 Å². The molecule has 5 nitrogen and oxygen atoms in total. The number of nitrogens with zero attached hydrogens (tertiary/aromatic N) is 2. The van der Waals surface area contributed by atoms with Gasteiger partial charge in [-0.3, -0.25) is 9.69 Å². The van der Waals surface area contributed by atoms with Gasteiger partial charge in [-0.25, -0.2) is 4.39 Å². The van der Waals surface area contributed by atoms with Gasteiger partial charge in [0.2, 0.25) is 5.91 Å². The number of rotatable bonds is 9. The molecule has 2 aromatic rings. The number of methoxy groups -OCH3 is 1. The first-order valence-electron chi connectivity index (χ1n) is 10.4. The lowest BCUT2D eigenvalue weighted by Crippen LogP contribution is -2.41. The number of aromatic nitrogens is 1. The molecule has 0 radical (unpaired) electrons. The molecule has 1 aliphatic heterocycles. The highest BCUT2D eigenvalue weighted by Crippen LogP contribution is 2.34. The van der Waals surface area contributed by atoms with Gasteiger partial charge in [0.1, 0.15) is 5.82 Å². The fourth-order valence-electron chi connectivity index (χ4n) is 4.21. The lowest BCUT2D eigenvalue weighted by molar-refractivity contribution is -0.135. The van der Waals surface area contributed by atoms with E-state index in [1.807, 2.05) is 43.1 Å². The number of amides is 1. The maximum atomic E-state index is 13.5. The van der Waals surface area contributed by atoms with Crippen LogP contribution in [0.3, 0.4) is 0 Å². The van der Waals surface area contributed by atoms with E-state index in [1.165, 1.54) is 17.8 Å². The second kappa shape index (κ2) is 10.0. The van der Waals surface area contributed by atoms with Crippen LogP contribution in [-0.4, -0.2) is 60.6 Å². The molecule has 1 saturated heterocycles. The first kappa shape index (κ1) is 21.5. The number of hydrogen-bond donors (Lipinski definition) is 1. The van der Waals surface area contributed by atoms with E-state index in [4.69, 9.17) is 4.74 Å². The van der Waals surface area contributed by atoms with Gasteiger partial charge in [-0.2, -0.15) is 0 Å². The molecule has 158 valence electrons. The number of hydrogen-bond acceptors (Lipinski definition) is 3. The first-order chi connectivity index (χ1) is 14.0. The fraction of sp³-hybridized carbons (Fsp3) is 0.522. The summed E-state index contributed by atoms with van der Waals surface area (Å²) in [6, 6.07) is 10.9. The number of nitrogens with one attached hydrogen (secondary N) is 1. The predicted octanol–water partition coefficient (Wildman–Crippen LogP) is 3.50. The highest BCUT2D eigenvalue weighted by Gasteiger charge is 2.36. The molecule has 2 heterocycles. The molecule has 1 aliphatic rings. The predicted molar refractivity (Wildman–Crippen MR) is 112 cm³/mol. The molecule has 0 aliphatic carbocycles. The van der Waals surface area contributed by atoms with Crippen molar-refractivity contribution in [3.05, 3.63) is 59.7 Å². The number of likely N-dealkylation sites (tertiary alicyclic amines) is 1. The summed E-state index contributed by atoms with van der Waals surface area (Å²) in [6.45, 7) is 8.31. The van der Waals surface area contributed by atoms with E-state index in [0.29, 0.717) is 19.7 Å². The van der Waals surface area contributed by atoms with Gasteiger partial charge in [0.25, 0.3) is 0 Å². The van der Waals surface area contributed by atoms with Crippen LogP contribution in [0.5, 0.6) is 0 Å². The molecule has 1 amide bonds. The quantitative estimate of drug-likeness (QED) is 0.700. The van der Waals surface area contributed by atoms with Crippen LogP contribution in [0.25, 0.3) is 0 Å². The average Bonchev–Trinajstić information content (AvgIpc) is 3.35. The summed E-state index contributed by atoms with van der Waals surface area (Å²) in [5.41, 5.74) is 2.31. The van der Waals surface area contributed by atoms with Gasteiger partial charge in [-0.1, -0.05) is 26.0 Å². The van der Waals surface area contributed by atoms with Gasteiger partial charge >= 0.3 is 0 Å². The molecule has 2 atom stereocenters. The molecule has 1 fully saturated rings. The molecule has 3 rings (SSSR count). The van der Waals surface area contributed by atoms with Crippen molar-refractivity contribution in [2.24, 2.45) is 11.8 Å². The molecule has 0 spiro atoms. The van der Waals surface area contributed by atoms with E-state index in [2.05, 4.69) is 16.0 Å². The van der Waals surface area contributed by atoms with Gasteiger partial charge in [0.15, 0.2) is 0 Å². The second-order valence-electron chi connectivity index (χ2n) is 8.24. The minimum atomic E-state index is -0.219. The van der Waals surface area contributed by atoms with Gasteiger partial charge in [0, 0.05) is 63.6 Å². The Morgan fingerprint density at radius 2 is 2.03 bits per heavy atom. The van der Waals surface area contributed by atoms with Crippen molar-refractivity contribution in [2.45, 2.75) is 26.3 Å². The fourth-order valence-corrected chi connectivity index (χ4v) is 4.21. The molecule has 0 saturated carbocycles. The first-order valence-corrected chi connectivity index (χ1v) is 10.4. The number of halogens is 1. The molecule has 0 bridgehead atoms. The van der Waals surface area contributed by atoms with E-state index in [-0.39, 0.29) is 29.5 Å². The minimum Gasteiger partial charge on any atom is -0.383 e. The van der Waals surface area contributed by atoms with Crippen LogP contribution >= 0.6 is 0 Å². The summed E-state index contributed by atoms with van der Waals surface area (Å²) < 4.78 is 18.7. The number of benzene rings is 1. The Balaban J connectivity index is 1.78. The van der Waals surface area contributed by atoms with E-state index >= 15 is 0 Å². The highest BCUT2D eigenvalue weighted by atomic mass is 19.1. The lowest BCUT2D eigenvalue weighted by Gasteiger charge is -2.29. The van der Waals surface area contributed by atoms with Gasteiger partial charge in [-0.15, -0.1) is 0 Å². The number of carbonyl (C=O) groups excluding carboxylic acids is 1. The SMILES string of the molecule is COCCN(CC1CN(Cc2ccc[nH]2)CC1c1ccc(F)cc1)C(=O)C(C)C. The molecule has 2 unspecified atom stereocenters. The molecule has 1 aromatic carbocycles. The summed E-state index contributed by atoms with van der Waals surface area (Å²) in [4.78, 5) is 20.4. The lowest BCUT2D eigenvalue weighted by atomic mass is 9.88. The van der Waals surface area contributed by atoms with Crippen molar-refractivity contribution in [1.82, 2.24) is 14.8 Å². The summed E-state index contributed by atoms with van der Waals surface area (Å²) in [7, 11) is 1.66. The molecule has 29 heavy (non-hydrogen) atoms. The molecule has 1 N–H and O–H groups in total. The van der Waals surface area contributed by atoms with Crippen LogP contribution < -0.4 is 0 Å². The Hall–Kier alpha value is -2.18. The number of aromatic amines is 1. The van der Waals surface area contributed by atoms with E-state index in [9.17, 15) is 9.18 Å². The molecular formula is C23H32FN3O2. The summed E-state index contributed by atoms with van der Waals surface area (Å²) >= 11 is 0. The largest absolute Gasteiger partial charge is 0.383 e. The maximum Gasteiger partial charge on any atom is 0.225 e. The number of H-pyrrole nitrogens is 1. The van der Waals surface area contributed by atoms with Crippen molar-refractivity contribution < 1.29 is 13.9 Å². The molecule has 6 heteroatoms. The number of ether oxygens (including phenoxy) is 1. The van der Waals surface area contributed by atoms with E-state index < -0.39 is 0 Å². The third kappa shape index (κ3) is 5.67. The monoisotopic (exact) mass is 401 g/mol. The second-order valence-corrected chi connectivity index (χ2v) is 8.24. The minimum absolute atomic E-state index is 0.0486. The normalized spacial score (nSPS) is 19.8. The Bertz CT molecular complexity index is 761. The maximum absolute atomic E-state index is 13.5. The van der Waals surface area contributed by atoms with Gasteiger partial charge in [0.05, 0.1) is 6.61 Å². The Morgan fingerprint density at radius 3 is 2.66 bits per heavy atom. The standard InChI is InChI=1S/C23H32FN3O2/c1-17(2)23(28)27(11-12-29-3)14-19-13-26(15-21-5-4-10-25-21)16-22(19)18-6-8-20(24)9-7-18/h4-10,17,19,22,25H,11-16H2,1-3H3. The van der Waals surface area contributed by atoms with Crippen LogP contribution in [0.1, 0.15) is 31.0 Å². The average molecular weight is 402 g/mol. The number of carbonyl (C=O) groups is 1. The molecular weight excluding hydrogens is 369 g/mol. The van der Waals surface area contributed by atoms with Crippen LogP contribution in [0.2, 0.25) is 0 Å². The zero-order valence-electron chi connectivity index (χ0n) is 17.6. The topological polar surface area (TPSA) is 48.6 Å². The van der Waals surface area contributed by atoms with E-state index in [1.54, 1.807) is 7.11 Å². The van der Waals surface area contributed by atoms with Crippen molar-refractivity contribution in [3.8, 4) is 0 Å². The van der Waals surface area contributed by atoms with Crippen molar-refractivity contribution in [1.29, 1.82) is 0 Å². The van der Waals surface area contributed by atoms with Crippen LogP contribution in [-0.2, 0) is 16.1 Å². The van der Waals surface area contributed by atoms with E-state index in [0.717, 1.165) is 25.2 Å². The van der Waals surface area contributed by atoms with Crippen LogP contribution in [0, 0.1) is 17.7 Å². The highest BCUT2D eigenvalue weighted by molar-refractivity contribution is 5.78. The zero-order valence-corrected chi connectivity index (χ0v) is 17.6. The van der Waals surface area contributed by atoms with Crippen LogP contribution in [0.15, 0.2) is 42.6 Å². The smallest absolute Gasteiger partial charge is 0.225 e. The van der Waals surface area contributed by atoms with Crippen molar-refractivity contribution in [2.75, 3.05) is 39.9 Å². The third-order valence-electron chi connectivity index (χ3n) is 5.70. The summed E-state index contributed by atoms with van der Waals surface area (Å²) in [6.07, 6.45) is 1.94. The van der Waals surface area contributed by atoms with Gasteiger partial charge in [-0.05, 0) is 35.7 Å². The zero-order chi connectivity index (χ0) is 20.8. The van der Waals surface area contributed by atoms with Crippen molar-refractivity contribution in [3.63, 3.8) is 0 Å². The summed E-state index contributed by atoms with van der Waals surface area (Å²) in [5.74, 6) is 0.434.